The fraction of sp³-hybridized carbons (Fsp3) is 0.500. The molecule has 0 fully saturated rings. The second kappa shape index (κ2) is 6.80. The van der Waals surface area contributed by atoms with Crippen LogP contribution in [0.5, 0.6) is 0 Å². The molecule has 1 unspecified atom stereocenters. The molecule has 2 heterocycles. The van der Waals surface area contributed by atoms with E-state index in [0.717, 1.165) is 22.3 Å². The largest absolute Gasteiger partial charge is 0.353 e. The van der Waals surface area contributed by atoms with E-state index in [4.69, 9.17) is 0 Å². The first kappa shape index (κ1) is 15.6. The minimum Gasteiger partial charge on any atom is -0.353 e. The van der Waals surface area contributed by atoms with E-state index in [1.54, 1.807) is 22.6 Å². The number of aromatic nitrogens is 4. The summed E-state index contributed by atoms with van der Waals surface area (Å²) in [5.41, 5.74) is 1.93. The van der Waals surface area contributed by atoms with E-state index < -0.39 is 0 Å². The predicted octanol–water partition coefficient (Wildman–Crippen LogP) is 1.70. The van der Waals surface area contributed by atoms with Gasteiger partial charge in [0.15, 0.2) is 5.16 Å². The summed E-state index contributed by atoms with van der Waals surface area (Å²) in [7, 11) is 1.96. The molecule has 2 aromatic heterocycles. The van der Waals surface area contributed by atoms with Crippen LogP contribution in [0.4, 0.5) is 0 Å². The molecule has 0 aliphatic heterocycles. The van der Waals surface area contributed by atoms with Gasteiger partial charge in [-0.2, -0.15) is 5.10 Å². The monoisotopic (exact) mass is 307 g/mol. The maximum absolute atomic E-state index is 12.1. The maximum atomic E-state index is 12.1. The molecular weight excluding hydrogens is 286 g/mol. The van der Waals surface area contributed by atoms with Gasteiger partial charge in [0, 0.05) is 37.4 Å². The van der Waals surface area contributed by atoms with Gasteiger partial charge in [0.1, 0.15) is 6.04 Å². The second-order valence-electron chi connectivity index (χ2n) is 5.01. The number of imidazole rings is 1. The average molecular weight is 307 g/mol. The number of carbonyl (C=O) groups is 1. The van der Waals surface area contributed by atoms with Gasteiger partial charge in [0.05, 0.1) is 5.69 Å². The lowest BCUT2D eigenvalue weighted by Gasteiger charge is -2.14. The fourth-order valence-electron chi connectivity index (χ4n) is 2.10. The Balaban J connectivity index is 1.79. The van der Waals surface area contributed by atoms with Gasteiger partial charge in [-0.05, 0) is 26.8 Å². The molecule has 0 aromatic carbocycles. The van der Waals surface area contributed by atoms with Crippen LogP contribution in [0.2, 0.25) is 0 Å². The van der Waals surface area contributed by atoms with Crippen LogP contribution in [0.3, 0.4) is 0 Å². The van der Waals surface area contributed by atoms with Crippen LogP contribution in [0, 0.1) is 13.8 Å². The summed E-state index contributed by atoms with van der Waals surface area (Å²) in [4.78, 5) is 16.4. The van der Waals surface area contributed by atoms with Gasteiger partial charge in [-0.3, -0.25) is 9.48 Å². The Morgan fingerprint density at radius 1 is 1.48 bits per heavy atom. The molecule has 0 bridgehead atoms. The SMILES string of the molecule is Cc1cc(C)n(C(C)C(=O)NCCSc2nccn2C)n1. The highest BCUT2D eigenvalue weighted by molar-refractivity contribution is 7.99. The summed E-state index contributed by atoms with van der Waals surface area (Å²) in [6.07, 6.45) is 3.68. The van der Waals surface area contributed by atoms with E-state index in [1.807, 2.05) is 44.6 Å². The van der Waals surface area contributed by atoms with Crippen LogP contribution in [0.15, 0.2) is 23.6 Å². The van der Waals surface area contributed by atoms with E-state index in [9.17, 15) is 4.79 Å². The number of thioether (sulfide) groups is 1. The first-order valence-corrected chi connectivity index (χ1v) is 7.88. The summed E-state index contributed by atoms with van der Waals surface area (Å²) in [5, 5.41) is 8.25. The third-order valence-corrected chi connectivity index (χ3v) is 4.26. The van der Waals surface area contributed by atoms with E-state index in [-0.39, 0.29) is 11.9 Å². The van der Waals surface area contributed by atoms with E-state index in [0.29, 0.717) is 6.54 Å². The van der Waals surface area contributed by atoms with E-state index >= 15 is 0 Å². The Hall–Kier alpha value is -1.76. The quantitative estimate of drug-likeness (QED) is 0.652. The van der Waals surface area contributed by atoms with E-state index in [1.165, 1.54) is 0 Å². The summed E-state index contributed by atoms with van der Waals surface area (Å²) >= 11 is 1.63. The third kappa shape index (κ3) is 3.87. The number of nitrogens with one attached hydrogen (secondary N) is 1. The molecule has 2 rings (SSSR count). The highest BCUT2D eigenvalue weighted by atomic mass is 32.2. The van der Waals surface area contributed by atoms with Crippen LogP contribution < -0.4 is 5.32 Å². The summed E-state index contributed by atoms with van der Waals surface area (Å²) < 4.78 is 3.72. The standard InChI is InChI=1S/C14H21N5OS/c1-10-9-11(2)19(17-10)12(3)13(20)15-6-8-21-14-16-5-7-18(14)4/h5,7,9,12H,6,8H2,1-4H3,(H,15,20). The van der Waals surface area contributed by atoms with Gasteiger partial charge in [0.2, 0.25) is 5.91 Å². The van der Waals surface area contributed by atoms with Gasteiger partial charge in [0.25, 0.3) is 0 Å². The van der Waals surface area contributed by atoms with E-state index in [2.05, 4.69) is 15.4 Å². The number of amides is 1. The van der Waals surface area contributed by atoms with Gasteiger partial charge < -0.3 is 9.88 Å². The zero-order valence-corrected chi connectivity index (χ0v) is 13.6. The summed E-state index contributed by atoms with van der Waals surface area (Å²) in [5.74, 6) is 0.780. The second-order valence-corrected chi connectivity index (χ2v) is 6.07. The lowest BCUT2D eigenvalue weighted by molar-refractivity contribution is -0.124. The van der Waals surface area contributed by atoms with Crippen molar-refractivity contribution in [2.45, 2.75) is 32.0 Å². The molecule has 1 amide bonds. The molecule has 21 heavy (non-hydrogen) atoms. The molecule has 7 heteroatoms. The molecule has 0 spiro atoms. The number of aryl methyl sites for hydroxylation is 3. The predicted molar refractivity (Wildman–Crippen MR) is 83.4 cm³/mol. The number of nitrogens with zero attached hydrogens (tertiary/aromatic N) is 4. The van der Waals surface area contributed by atoms with Gasteiger partial charge >= 0.3 is 0 Å². The van der Waals surface area contributed by atoms with Crippen molar-refractivity contribution in [1.82, 2.24) is 24.6 Å². The molecule has 1 N–H and O–H groups in total. The topological polar surface area (TPSA) is 64.7 Å². The number of hydrogen-bond acceptors (Lipinski definition) is 4. The average Bonchev–Trinajstić information content (AvgIpc) is 2.99. The zero-order chi connectivity index (χ0) is 15.4. The molecule has 0 aliphatic carbocycles. The van der Waals surface area contributed by atoms with Crippen molar-refractivity contribution in [3.8, 4) is 0 Å². The van der Waals surface area contributed by atoms with Crippen LogP contribution >= 0.6 is 11.8 Å². The first-order chi connectivity index (χ1) is 9.99. The number of rotatable bonds is 6. The van der Waals surface area contributed by atoms with Crippen LogP contribution in [0.25, 0.3) is 0 Å². The highest BCUT2D eigenvalue weighted by Crippen LogP contribution is 2.14. The lowest BCUT2D eigenvalue weighted by atomic mass is 10.3. The molecule has 2 aromatic rings. The molecule has 0 saturated heterocycles. The first-order valence-electron chi connectivity index (χ1n) is 6.89. The smallest absolute Gasteiger partial charge is 0.244 e. The van der Waals surface area contributed by atoms with Crippen molar-refractivity contribution in [3.63, 3.8) is 0 Å². The van der Waals surface area contributed by atoms with Crippen LogP contribution in [-0.4, -0.2) is 37.5 Å². The minimum atomic E-state index is -0.295. The fourth-order valence-corrected chi connectivity index (χ4v) is 2.89. The molecule has 0 radical (unpaired) electrons. The van der Waals surface area contributed by atoms with Crippen LogP contribution in [-0.2, 0) is 11.8 Å². The number of carbonyl (C=O) groups excluding carboxylic acids is 1. The van der Waals surface area contributed by atoms with Crippen molar-refractivity contribution in [3.05, 3.63) is 29.8 Å². The highest BCUT2D eigenvalue weighted by Gasteiger charge is 2.17. The van der Waals surface area contributed by atoms with Crippen LogP contribution in [0.1, 0.15) is 24.4 Å². The van der Waals surface area contributed by atoms with Gasteiger partial charge in [-0.15, -0.1) is 0 Å². The Morgan fingerprint density at radius 3 is 2.81 bits per heavy atom. The molecule has 0 aliphatic rings. The van der Waals surface area contributed by atoms with Crippen molar-refractivity contribution < 1.29 is 4.79 Å². The Kier molecular flexibility index (Phi) is 5.06. The van der Waals surface area contributed by atoms with Crippen molar-refractivity contribution in [2.24, 2.45) is 7.05 Å². The maximum Gasteiger partial charge on any atom is 0.244 e. The molecule has 0 saturated carbocycles. The summed E-state index contributed by atoms with van der Waals surface area (Å²) in [6, 6.07) is 1.68. The Bertz CT molecular complexity index is 619. The van der Waals surface area contributed by atoms with Crippen molar-refractivity contribution in [2.75, 3.05) is 12.3 Å². The minimum absolute atomic E-state index is 0.0124. The molecule has 114 valence electrons. The summed E-state index contributed by atoms with van der Waals surface area (Å²) in [6.45, 7) is 6.36. The molecule has 1 atom stereocenters. The Morgan fingerprint density at radius 2 is 2.24 bits per heavy atom. The third-order valence-electron chi connectivity index (χ3n) is 3.20. The Labute approximate surface area is 128 Å². The molecular formula is C14H21N5OS. The zero-order valence-electron chi connectivity index (χ0n) is 12.8. The van der Waals surface area contributed by atoms with Gasteiger partial charge in [-0.1, -0.05) is 11.8 Å². The van der Waals surface area contributed by atoms with Crippen molar-refractivity contribution >= 4 is 17.7 Å². The molecule has 6 nitrogen and oxygen atoms in total. The van der Waals surface area contributed by atoms with Crippen molar-refractivity contribution in [1.29, 1.82) is 0 Å². The number of hydrogen-bond donors (Lipinski definition) is 1. The van der Waals surface area contributed by atoms with Gasteiger partial charge in [-0.25, -0.2) is 4.98 Å². The normalized spacial score (nSPS) is 12.4. The lowest BCUT2D eigenvalue weighted by Crippen LogP contribution is -2.33.